The largest absolute Gasteiger partial charge is 0.491 e. The summed E-state index contributed by atoms with van der Waals surface area (Å²) in [5.74, 6) is -0.483. The molecule has 2 aromatic carbocycles. The zero-order chi connectivity index (χ0) is 24.4. The number of halogens is 1. The van der Waals surface area contributed by atoms with Crippen LogP contribution in [-0.4, -0.2) is 71.3 Å². The van der Waals surface area contributed by atoms with Crippen LogP contribution >= 0.6 is 0 Å². The highest BCUT2D eigenvalue weighted by molar-refractivity contribution is 7.96. The van der Waals surface area contributed by atoms with E-state index in [-0.39, 0.29) is 28.6 Å². The molecule has 0 bridgehead atoms. The average molecular weight is 499 g/mol. The fourth-order valence-electron chi connectivity index (χ4n) is 4.01. The summed E-state index contributed by atoms with van der Waals surface area (Å²) >= 11 is 0. The van der Waals surface area contributed by atoms with Gasteiger partial charge in [-0.05, 0) is 69.9 Å². The lowest BCUT2D eigenvalue weighted by Gasteiger charge is -2.28. The minimum atomic E-state index is -3.90. The highest BCUT2D eigenvalue weighted by atomic mass is 32.2. The summed E-state index contributed by atoms with van der Waals surface area (Å²) in [4.78, 5) is 1.98. The summed E-state index contributed by atoms with van der Waals surface area (Å²) in [6, 6.07) is 11.2. The topological polar surface area (TPSA) is 92.8 Å². The average Bonchev–Trinajstić information content (AvgIpc) is 3.04. The van der Waals surface area contributed by atoms with Crippen molar-refractivity contribution < 1.29 is 26.0 Å². The molecule has 3 atom stereocenters. The van der Waals surface area contributed by atoms with Gasteiger partial charge in [0.1, 0.15) is 11.6 Å². The number of sulfone groups is 2. The number of benzene rings is 2. The van der Waals surface area contributed by atoms with E-state index in [1.165, 1.54) is 24.3 Å². The molecular weight excluding hydrogens is 467 g/mol. The summed E-state index contributed by atoms with van der Waals surface area (Å²) in [6.45, 7) is 4.06. The molecule has 0 radical (unpaired) electrons. The predicted molar refractivity (Wildman–Crippen MR) is 126 cm³/mol. The third kappa shape index (κ3) is 6.32. The maximum atomic E-state index is 13.4. The molecule has 0 spiro atoms. The van der Waals surface area contributed by atoms with Gasteiger partial charge in [0.05, 0.1) is 27.8 Å². The molecule has 1 fully saturated rings. The molecule has 3 rings (SSSR count). The third-order valence-electron chi connectivity index (χ3n) is 5.67. The molecule has 0 amide bonds. The molecule has 33 heavy (non-hydrogen) atoms. The van der Waals surface area contributed by atoms with E-state index in [0.29, 0.717) is 12.3 Å². The first-order valence-electron chi connectivity index (χ1n) is 10.8. The number of nitrogens with one attached hydrogen (secondary N) is 1. The predicted octanol–water partition coefficient (Wildman–Crippen LogP) is 2.44. The van der Waals surface area contributed by atoms with Crippen LogP contribution in [0.25, 0.3) is 0 Å². The van der Waals surface area contributed by atoms with E-state index in [0.717, 1.165) is 5.56 Å². The van der Waals surface area contributed by atoms with Gasteiger partial charge in [0.2, 0.25) is 0 Å². The van der Waals surface area contributed by atoms with Gasteiger partial charge < -0.3 is 15.0 Å². The Kier molecular flexibility index (Phi) is 7.83. The van der Waals surface area contributed by atoms with Gasteiger partial charge in [-0.25, -0.2) is 21.2 Å². The molecule has 10 heteroatoms. The third-order valence-corrected chi connectivity index (χ3v) is 9.84. The van der Waals surface area contributed by atoms with Gasteiger partial charge in [0, 0.05) is 18.6 Å². The molecule has 1 N–H and O–H groups in total. The fraction of sp³-hybridized carbons (Fsp3) is 0.478. The van der Waals surface area contributed by atoms with E-state index >= 15 is 0 Å². The van der Waals surface area contributed by atoms with Crippen LogP contribution in [0.3, 0.4) is 0 Å². The summed E-state index contributed by atoms with van der Waals surface area (Å²) in [5, 5.41) is 2.08. The lowest BCUT2D eigenvalue weighted by Crippen LogP contribution is -2.46. The Morgan fingerprint density at radius 1 is 1.06 bits per heavy atom. The van der Waals surface area contributed by atoms with Crippen LogP contribution < -0.4 is 10.1 Å². The summed E-state index contributed by atoms with van der Waals surface area (Å²) in [5.41, 5.74) is 0.843. The van der Waals surface area contributed by atoms with Crippen LogP contribution in [0.2, 0.25) is 0 Å². The van der Waals surface area contributed by atoms with Crippen molar-refractivity contribution >= 4 is 19.7 Å². The molecule has 0 aromatic heterocycles. The molecule has 2 aromatic rings. The van der Waals surface area contributed by atoms with Gasteiger partial charge in [-0.15, -0.1) is 0 Å². The van der Waals surface area contributed by atoms with Crippen molar-refractivity contribution in [2.24, 2.45) is 0 Å². The lowest BCUT2D eigenvalue weighted by atomic mass is 10.1. The van der Waals surface area contributed by atoms with Gasteiger partial charge in [-0.2, -0.15) is 0 Å². The Bertz CT molecular complexity index is 1150. The van der Waals surface area contributed by atoms with Crippen molar-refractivity contribution in [1.29, 1.82) is 0 Å². The molecule has 182 valence electrons. The zero-order valence-electron chi connectivity index (χ0n) is 19.2. The maximum Gasteiger partial charge on any atom is 0.183 e. The normalized spacial score (nSPS) is 21.4. The first kappa shape index (κ1) is 25.6. The maximum absolute atomic E-state index is 13.4. The highest BCUT2D eigenvalue weighted by Gasteiger charge is 2.45. The van der Waals surface area contributed by atoms with Crippen molar-refractivity contribution in [2.45, 2.75) is 42.2 Å². The van der Waals surface area contributed by atoms with E-state index < -0.39 is 36.7 Å². The van der Waals surface area contributed by atoms with Crippen LogP contribution in [-0.2, 0) is 19.7 Å². The van der Waals surface area contributed by atoms with Crippen LogP contribution in [0, 0.1) is 5.82 Å². The SMILES string of the molecule is CC(C)Oc1ccc(S(=O)(=O)[C@H]2CS(=O)(=O)C[C@@H]2NCC(c2ccc(F)cc2)N(C)C)cc1. The zero-order valence-corrected chi connectivity index (χ0v) is 20.9. The van der Waals surface area contributed by atoms with Crippen LogP contribution in [0.4, 0.5) is 4.39 Å². The monoisotopic (exact) mass is 498 g/mol. The second-order valence-corrected chi connectivity index (χ2v) is 13.2. The van der Waals surface area contributed by atoms with E-state index in [9.17, 15) is 21.2 Å². The smallest absolute Gasteiger partial charge is 0.183 e. The summed E-state index contributed by atoms with van der Waals surface area (Å²) in [7, 11) is -3.72. The summed E-state index contributed by atoms with van der Waals surface area (Å²) < 4.78 is 70.4. The summed E-state index contributed by atoms with van der Waals surface area (Å²) in [6.07, 6.45) is -0.0493. The fourth-order valence-corrected chi connectivity index (χ4v) is 8.73. The van der Waals surface area contributed by atoms with Crippen LogP contribution in [0.1, 0.15) is 25.5 Å². The Morgan fingerprint density at radius 3 is 2.21 bits per heavy atom. The number of likely N-dealkylation sites (N-methyl/N-ethyl adjacent to an activating group) is 1. The van der Waals surface area contributed by atoms with Gasteiger partial charge in [0.25, 0.3) is 0 Å². The van der Waals surface area contributed by atoms with Gasteiger partial charge in [0.15, 0.2) is 19.7 Å². The molecule has 1 saturated heterocycles. The Hall–Kier alpha value is -2.01. The molecule has 1 unspecified atom stereocenters. The highest BCUT2D eigenvalue weighted by Crippen LogP contribution is 2.28. The van der Waals surface area contributed by atoms with Crippen LogP contribution in [0.15, 0.2) is 53.4 Å². The Morgan fingerprint density at radius 2 is 1.67 bits per heavy atom. The van der Waals surface area contributed by atoms with E-state index in [1.54, 1.807) is 24.3 Å². The Labute approximate surface area is 195 Å². The van der Waals surface area contributed by atoms with Crippen molar-refractivity contribution in [3.63, 3.8) is 0 Å². The molecule has 0 aliphatic carbocycles. The molecule has 1 aliphatic heterocycles. The van der Waals surface area contributed by atoms with Gasteiger partial charge >= 0.3 is 0 Å². The Balaban J connectivity index is 1.81. The van der Waals surface area contributed by atoms with Crippen molar-refractivity contribution in [1.82, 2.24) is 10.2 Å². The minimum Gasteiger partial charge on any atom is -0.491 e. The minimum absolute atomic E-state index is 0.0493. The van der Waals surface area contributed by atoms with Crippen LogP contribution in [0.5, 0.6) is 5.75 Å². The lowest BCUT2D eigenvalue weighted by molar-refractivity contribution is 0.242. The van der Waals surface area contributed by atoms with Crippen molar-refractivity contribution in [3.05, 3.63) is 59.9 Å². The quantitative estimate of drug-likeness (QED) is 0.568. The molecule has 7 nitrogen and oxygen atoms in total. The standard InChI is InChI=1S/C23H31FN2O5S2/c1-16(2)31-19-9-11-20(12-10-19)33(29,30)23-15-32(27,28)14-21(23)25-13-22(26(3)4)17-5-7-18(24)8-6-17/h5-12,16,21-23,25H,13-15H2,1-4H3/t21-,22?,23-/m0/s1. The number of rotatable bonds is 9. The van der Waals surface area contributed by atoms with E-state index in [1.807, 2.05) is 32.8 Å². The number of ether oxygens (including phenoxy) is 1. The number of nitrogens with zero attached hydrogens (tertiary/aromatic N) is 1. The molecule has 1 aliphatic rings. The van der Waals surface area contributed by atoms with E-state index in [4.69, 9.17) is 4.74 Å². The molecular formula is C23H31FN2O5S2. The van der Waals surface area contributed by atoms with E-state index in [2.05, 4.69) is 5.32 Å². The van der Waals surface area contributed by atoms with Crippen molar-refractivity contribution in [2.75, 3.05) is 32.1 Å². The second kappa shape index (κ2) is 10.1. The van der Waals surface area contributed by atoms with Gasteiger partial charge in [-0.1, -0.05) is 12.1 Å². The number of hydrogen-bond donors (Lipinski definition) is 1. The first-order chi connectivity index (χ1) is 15.4. The molecule has 0 saturated carbocycles. The molecule has 1 heterocycles. The van der Waals surface area contributed by atoms with Gasteiger partial charge in [-0.3, -0.25) is 0 Å². The number of hydrogen-bond acceptors (Lipinski definition) is 7. The second-order valence-electron chi connectivity index (χ2n) is 8.84. The van der Waals surface area contributed by atoms with Crippen molar-refractivity contribution in [3.8, 4) is 5.75 Å². The first-order valence-corrected chi connectivity index (χ1v) is 14.1.